The van der Waals surface area contributed by atoms with Crippen LogP contribution in [0.15, 0.2) is 53.2 Å². The first kappa shape index (κ1) is 21.8. The van der Waals surface area contributed by atoms with Gasteiger partial charge in [-0.1, -0.05) is 24.3 Å². The van der Waals surface area contributed by atoms with E-state index in [4.69, 9.17) is 0 Å². The lowest BCUT2D eigenvalue weighted by Gasteiger charge is -2.13. The molecular weight excluding hydrogens is 434 g/mol. The molecule has 0 aliphatic heterocycles. The average Bonchev–Trinajstić information content (AvgIpc) is 3.13. The Bertz CT molecular complexity index is 1040. The quantitative estimate of drug-likeness (QED) is 0.573. The lowest BCUT2D eigenvalue weighted by Crippen LogP contribution is -2.21. The second-order valence-corrected chi connectivity index (χ2v) is 5.96. The number of halogens is 6. The van der Waals surface area contributed by atoms with Gasteiger partial charge in [0.25, 0.3) is 11.8 Å². The molecule has 31 heavy (non-hydrogen) atoms. The van der Waals surface area contributed by atoms with Gasteiger partial charge in [-0.15, -0.1) is 0 Å². The number of hydrogen-bond donors (Lipinski definition) is 2. The van der Waals surface area contributed by atoms with Crippen LogP contribution in [0.2, 0.25) is 0 Å². The molecule has 13 heteroatoms. The molecule has 0 aliphatic carbocycles. The molecule has 2 aromatic carbocycles. The van der Waals surface area contributed by atoms with Crippen LogP contribution in [0.1, 0.15) is 31.8 Å². The van der Waals surface area contributed by atoms with Crippen molar-refractivity contribution in [2.24, 2.45) is 0 Å². The second kappa shape index (κ2) is 8.08. The fourth-order valence-electron chi connectivity index (χ4n) is 2.56. The Morgan fingerprint density at radius 1 is 0.677 bits per heavy atom. The lowest BCUT2D eigenvalue weighted by atomic mass is 10.1. The molecule has 3 rings (SSSR count). The summed E-state index contributed by atoms with van der Waals surface area (Å²) >= 11 is 0. The van der Waals surface area contributed by atoms with E-state index in [1.807, 2.05) is 10.6 Å². The first-order valence-electron chi connectivity index (χ1n) is 8.26. The SMILES string of the molecule is O=C(Nc1nonc1NC(=O)c1ccccc1C(F)(F)F)c1ccccc1C(F)(F)F. The summed E-state index contributed by atoms with van der Waals surface area (Å²) in [4.78, 5) is 24.6. The molecule has 162 valence electrons. The molecular formula is C18H10F6N4O3. The molecule has 0 spiro atoms. The average molecular weight is 444 g/mol. The van der Waals surface area contributed by atoms with Crippen LogP contribution in [0.5, 0.6) is 0 Å². The smallest absolute Gasteiger partial charge is 0.300 e. The maximum absolute atomic E-state index is 13.1. The predicted octanol–water partition coefficient (Wildman–Crippen LogP) is 4.61. The number of anilines is 2. The van der Waals surface area contributed by atoms with Gasteiger partial charge in [0, 0.05) is 0 Å². The van der Waals surface area contributed by atoms with Crippen molar-refractivity contribution in [3.63, 3.8) is 0 Å². The van der Waals surface area contributed by atoms with Crippen molar-refractivity contribution in [3.05, 3.63) is 70.8 Å². The predicted molar refractivity (Wildman–Crippen MR) is 93.1 cm³/mol. The highest BCUT2D eigenvalue weighted by Gasteiger charge is 2.36. The molecule has 0 bridgehead atoms. The van der Waals surface area contributed by atoms with Gasteiger partial charge in [0.15, 0.2) is 0 Å². The van der Waals surface area contributed by atoms with E-state index in [1.165, 1.54) is 12.1 Å². The van der Waals surface area contributed by atoms with E-state index in [-0.39, 0.29) is 0 Å². The van der Waals surface area contributed by atoms with E-state index < -0.39 is 58.1 Å². The van der Waals surface area contributed by atoms with Gasteiger partial charge in [-0.3, -0.25) is 9.59 Å². The summed E-state index contributed by atoms with van der Waals surface area (Å²) in [7, 11) is 0. The van der Waals surface area contributed by atoms with Crippen molar-refractivity contribution in [1.29, 1.82) is 0 Å². The van der Waals surface area contributed by atoms with E-state index >= 15 is 0 Å². The van der Waals surface area contributed by atoms with Crippen LogP contribution in [0.4, 0.5) is 38.0 Å². The van der Waals surface area contributed by atoms with Gasteiger partial charge in [-0.05, 0) is 34.6 Å². The number of carbonyl (C=O) groups excluding carboxylic acids is 2. The van der Waals surface area contributed by atoms with Crippen LogP contribution in [0.25, 0.3) is 0 Å². The van der Waals surface area contributed by atoms with Crippen LogP contribution in [-0.2, 0) is 12.4 Å². The third kappa shape index (κ3) is 4.82. The van der Waals surface area contributed by atoms with E-state index in [1.54, 1.807) is 0 Å². The van der Waals surface area contributed by atoms with Crippen molar-refractivity contribution in [2.45, 2.75) is 12.4 Å². The maximum atomic E-state index is 13.1. The zero-order valence-electron chi connectivity index (χ0n) is 15.0. The van der Waals surface area contributed by atoms with Crippen LogP contribution in [0, 0.1) is 0 Å². The Hall–Kier alpha value is -3.90. The highest BCUT2D eigenvalue weighted by Crippen LogP contribution is 2.33. The Kier molecular flexibility index (Phi) is 5.69. The minimum absolute atomic E-state index is 0.597. The van der Waals surface area contributed by atoms with Gasteiger partial charge in [-0.2, -0.15) is 26.3 Å². The number of hydrogen-bond acceptors (Lipinski definition) is 5. The lowest BCUT2D eigenvalue weighted by molar-refractivity contribution is -0.138. The topological polar surface area (TPSA) is 97.1 Å². The minimum Gasteiger partial charge on any atom is -0.300 e. The standard InChI is InChI=1S/C18H10F6N4O3/c19-17(20,21)11-7-3-1-5-9(11)15(29)25-13-14(28-31-27-13)26-16(30)10-6-2-4-8-12(10)18(22,23)24/h1-8H,(H,25,27,29)(H,26,28,30). The third-order valence-corrected chi connectivity index (χ3v) is 3.91. The molecule has 3 aromatic rings. The second-order valence-electron chi connectivity index (χ2n) is 5.96. The van der Waals surface area contributed by atoms with Gasteiger partial charge >= 0.3 is 12.4 Å². The van der Waals surface area contributed by atoms with Gasteiger partial charge in [-0.25, -0.2) is 4.63 Å². The van der Waals surface area contributed by atoms with Crippen LogP contribution in [0.3, 0.4) is 0 Å². The normalized spacial score (nSPS) is 11.8. The molecule has 2 N–H and O–H groups in total. The van der Waals surface area contributed by atoms with Gasteiger partial charge < -0.3 is 10.6 Å². The van der Waals surface area contributed by atoms with Crippen molar-refractivity contribution < 1.29 is 40.6 Å². The zero-order valence-corrected chi connectivity index (χ0v) is 15.0. The van der Waals surface area contributed by atoms with Crippen LogP contribution < -0.4 is 10.6 Å². The monoisotopic (exact) mass is 444 g/mol. The highest BCUT2D eigenvalue weighted by molar-refractivity contribution is 6.09. The fourth-order valence-corrected chi connectivity index (χ4v) is 2.56. The summed E-state index contributed by atoms with van der Waals surface area (Å²) < 4.78 is 82.9. The number of nitrogens with zero attached hydrogens (tertiary/aromatic N) is 2. The molecule has 0 atom stereocenters. The molecule has 2 amide bonds. The van der Waals surface area contributed by atoms with Crippen molar-refractivity contribution >= 4 is 23.5 Å². The summed E-state index contributed by atoms with van der Waals surface area (Å²) in [6.07, 6.45) is -9.65. The maximum Gasteiger partial charge on any atom is 0.417 e. The molecule has 1 aromatic heterocycles. The third-order valence-electron chi connectivity index (χ3n) is 3.91. The van der Waals surface area contributed by atoms with Crippen molar-refractivity contribution in [3.8, 4) is 0 Å². The number of benzene rings is 2. The number of rotatable bonds is 4. The number of carbonyl (C=O) groups is 2. The Labute approximate surface area is 169 Å². The summed E-state index contributed by atoms with van der Waals surface area (Å²) in [5, 5.41) is 10.5. The van der Waals surface area contributed by atoms with E-state index in [9.17, 15) is 35.9 Å². The summed E-state index contributed by atoms with van der Waals surface area (Å²) in [6, 6.07) is 7.75. The largest absolute Gasteiger partial charge is 0.417 e. The molecule has 0 unspecified atom stereocenters. The van der Waals surface area contributed by atoms with Gasteiger partial charge in [0.1, 0.15) is 0 Å². The van der Waals surface area contributed by atoms with E-state index in [2.05, 4.69) is 14.9 Å². The van der Waals surface area contributed by atoms with Crippen molar-refractivity contribution in [2.75, 3.05) is 10.6 Å². The van der Waals surface area contributed by atoms with Gasteiger partial charge in [0.2, 0.25) is 11.6 Å². The molecule has 7 nitrogen and oxygen atoms in total. The first-order chi connectivity index (χ1) is 14.5. The molecule has 0 saturated heterocycles. The van der Waals surface area contributed by atoms with Crippen LogP contribution in [-0.4, -0.2) is 22.1 Å². The number of aromatic nitrogens is 2. The molecule has 0 fully saturated rings. The highest BCUT2D eigenvalue weighted by atomic mass is 19.4. The van der Waals surface area contributed by atoms with Gasteiger partial charge in [0.05, 0.1) is 22.3 Å². The molecule has 0 saturated carbocycles. The number of alkyl halides is 6. The summed E-state index contributed by atoms with van der Waals surface area (Å²) in [5.41, 5.74) is -3.96. The Morgan fingerprint density at radius 2 is 1.03 bits per heavy atom. The Balaban J connectivity index is 1.84. The fraction of sp³-hybridized carbons (Fsp3) is 0.111. The molecule has 0 aliphatic rings. The summed E-state index contributed by atoms with van der Waals surface area (Å²) in [5.74, 6) is -3.70. The van der Waals surface area contributed by atoms with E-state index in [0.29, 0.717) is 12.1 Å². The number of amides is 2. The molecule has 1 heterocycles. The van der Waals surface area contributed by atoms with E-state index in [0.717, 1.165) is 24.3 Å². The number of nitrogens with one attached hydrogen (secondary N) is 2. The Morgan fingerprint density at radius 3 is 1.39 bits per heavy atom. The van der Waals surface area contributed by atoms with Crippen LogP contribution >= 0.6 is 0 Å². The minimum atomic E-state index is -4.83. The first-order valence-corrected chi connectivity index (χ1v) is 8.26. The molecule has 0 radical (unpaired) electrons. The zero-order chi connectivity index (χ0) is 22.8. The van der Waals surface area contributed by atoms with Crippen molar-refractivity contribution in [1.82, 2.24) is 10.3 Å². The summed E-state index contributed by atoms with van der Waals surface area (Å²) in [6.45, 7) is 0.